The zero-order chi connectivity index (χ0) is 33.5. The molecule has 0 unspecified atom stereocenters. The van der Waals surface area contributed by atoms with Crippen LogP contribution in [0.5, 0.6) is 0 Å². The van der Waals surface area contributed by atoms with Crippen LogP contribution in [-0.2, 0) is 0 Å². The Morgan fingerprint density at radius 1 is 0.471 bits per heavy atom. The van der Waals surface area contributed by atoms with E-state index in [0.717, 1.165) is 66.3 Å². The summed E-state index contributed by atoms with van der Waals surface area (Å²) >= 11 is 1.80. The quantitative estimate of drug-likeness (QED) is 0.186. The van der Waals surface area contributed by atoms with Crippen molar-refractivity contribution in [1.29, 1.82) is 0 Å². The van der Waals surface area contributed by atoms with Gasteiger partial charge in [0.05, 0.1) is 16.8 Å². The molecular weight excluding hydrogens is 647 g/mol. The van der Waals surface area contributed by atoms with E-state index in [1.807, 2.05) is 48.7 Å². The minimum Gasteiger partial charge on any atom is -0.453 e. The number of aromatic nitrogens is 5. The topological polar surface area (TPSA) is 69.6 Å². The Kier molecular flexibility index (Phi) is 6.02. The Labute approximate surface area is 294 Å². The highest BCUT2D eigenvalue weighted by Gasteiger charge is 2.21. The summed E-state index contributed by atoms with van der Waals surface area (Å²) in [6.45, 7) is 0. The van der Waals surface area contributed by atoms with Gasteiger partial charge in [0.1, 0.15) is 11.2 Å². The Bertz CT molecular complexity index is 3100. The monoisotopic (exact) mass is 671 g/mol. The van der Waals surface area contributed by atoms with Gasteiger partial charge in [0, 0.05) is 59.0 Å². The minimum atomic E-state index is 0.555. The van der Waals surface area contributed by atoms with Crippen molar-refractivity contribution < 1.29 is 4.42 Å². The van der Waals surface area contributed by atoms with E-state index in [4.69, 9.17) is 24.4 Å². The van der Waals surface area contributed by atoms with Crippen molar-refractivity contribution in [3.8, 4) is 39.9 Å². The lowest BCUT2D eigenvalue weighted by molar-refractivity contribution is 0.667. The Hall–Kier alpha value is -6.70. The highest BCUT2D eigenvalue weighted by Crippen LogP contribution is 2.41. The van der Waals surface area contributed by atoms with Gasteiger partial charge in [-0.15, -0.1) is 11.3 Å². The summed E-state index contributed by atoms with van der Waals surface area (Å²) in [6, 6.07) is 50.1. The molecule has 11 rings (SSSR count). The summed E-state index contributed by atoms with van der Waals surface area (Å²) in [7, 11) is 0. The lowest BCUT2D eigenvalue weighted by Gasteiger charge is -2.09. The summed E-state index contributed by atoms with van der Waals surface area (Å²) < 4.78 is 11.6. The number of rotatable bonds is 4. The van der Waals surface area contributed by atoms with E-state index in [1.54, 1.807) is 11.3 Å². The maximum Gasteiger partial charge on any atom is 0.167 e. The fourth-order valence-corrected chi connectivity index (χ4v) is 8.49. The molecule has 0 fully saturated rings. The molecule has 0 atom stereocenters. The first-order valence-electron chi connectivity index (χ1n) is 16.8. The molecule has 51 heavy (non-hydrogen) atoms. The third kappa shape index (κ3) is 4.28. The van der Waals surface area contributed by atoms with Crippen LogP contribution in [0.1, 0.15) is 0 Å². The molecule has 0 amide bonds. The lowest BCUT2D eigenvalue weighted by Crippen LogP contribution is -2.00. The SMILES string of the molecule is c1ccc(-c2nc(-c3ccc4sc5ccccc5c4c3)nc(-c3cccc4c3oc3c(-n5c6ccccc6c6cccnc65)cccc34)n2)cc1. The van der Waals surface area contributed by atoms with E-state index in [1.165, 1.54) is 20.2 Å². The third-order valence-electron chi connectivity index (χ3n) is 9.72. The van der Waals surface area contributed by atoms with Crippen LogP contribution < -0.4 is 0 Å². The van der Waals surface area contributed by atoms with Crippen LogP contribution in [0.3, 0.4) is 0 Å². The number of thiophene rings is 1. The van der Waals surface area contributed by atoms with Crippen molar-refractivity contribution in [2.75, 3.05) is 0 Å². The van der Waals surface area contributed by atoms with Gasteiger partial charge in [-0.3, -0.25) is 4.57 Å². The molecule has 5 heterocycles. The molecule has 0 radical (unpaired) electrons. The van der Waals surface area contributed by atoms with E-state index in [9.17, 15) is 0 Å². The summed E-state index contributed by atoms with van der Waals surface area (Å²) in [5.41, 5.74) is 7.05. The van der Waals surface area contributed by atoms with Crippen molar-refractivity contribution in [2.45, 2.75) is 0 Å². The number of fused-ring (bicyclic) bond motifs is 9. The Morgan fingerprint density at radius 2 is 1.16 bits per heavy atom. The molecule has 0 N–H and O–H groups in total. The summed E-state index contributed by atoms with van der Waals surface area (Å²) in [4.78, 5) is 20.1. The molecule has 6 aromatic carbocycles. The van der Waals surface area contributed by atoms with Crippen LogP contribution in [0, 0.1) is 0 Å². The fourth-order valence-electron chi connectivity index (χ4n) is 7.40. The zero-order valence-corrected chi connectivity index (χ0v) is 27.8. The number of para-hydroxylation sites is 3. The normalized spacial score (nSPS) is 11.9. The summed E-state index contributed by atoms with van der Waals surface area (Å²) in [6.07, 6.45) is 1.84. The van der Waals surface area contributed by atoms with Crippen molar-refractivity contribution in [3.05, 3.63) is 152 Å². The van der Waals surface area contributed by atoms with E-state index in [2.05, 4.69) is 108 Å². The van der Waals surface area contributed by atoms with Gasteiger partial charge in [-0.25, -0.2) is 19.9 Å². The van der Waals surface area contributed by atoms with Crippen molar-refractivity contribution >= 4 is 75.4 Å². The number of nitrogens with zero attached hydrogens (tertiary/aromatic N) is 5. The van der Waals surface area contributed by atoms with Crippen molar-refractivity contribution in [3.63, 3.8) is 0 Å². The number of benzene rings is 6. The first kappa shape index (κ1) is 28.2. The molecule has 238 valence electrons. The first-order valence-corrected chi connectivity index (χ1v) is 17.6. The highest BCUT2D eigenvalue weighted by molar-refractivity contribution is 7.25. The zero-order valence-electron chi connectivity index (χ0n) is 27.0. The van der Waals surface area contributed by atoms with Gasteiger partial charge in [-0.05, 0) is 54.6 Å². The average Bonchev–Trinajstić information content (AvgIpc) is 3.87. The molecule has 7 heteroatoms. The first-order chi connectivity index (χ1) is 25.3. The maximum absolute atomic E-state index is 6.93. The van der Waals surface area contributed by atoms with Gasteiger partial charge in [-0.2, -0.15) is 0 Å². The van der Waals surface area contributed by atoms with Crippen LogP contribution in [0.2, 0.25) is 0 Å². The lowest BCUT2D eigenvalue weighted by atomic mass is 10.1. The second kappa shape index (κ2) is 10.9. The van der Waals surface area contributed by atoms with Gasteiger partial charge < -0.3 is 4.42 Å². The number of hydrogen-bond acceptors (Lipinski definition) is 6. The predicted octanol–water partition coefficient (Wildman–Crippen LogP) is 11.6. The van der Waals surface area contributed by atoms with Crippen molar-refractivity contribution in [2.24, 2.45) is 0 Å². The molecule has 11 aromatic rings. The number of pyridine rings is 1. The van der Waals surface area contributed by atoms with Crippen LogP contribution in [0.4, 0.5) is 0 Å². The standard InChI is InChI=1S/C44H25N5OS/c1-2-11-26(12-3-1)41-46-42(27-22-23-38-34(25-27)29-14-5-7-21-37(29)51-38)48-43(47-41)33-17-8-15-30-31-16-9-20-36(40(31)50-39(30)33)49-35-19-6-4-13-28(35)32-18-10-24-45-44(32)49/h1-25H. The summed E-state index contributed by atoms with van der Waals surface area (Å²) in [5.74, 6) is 1.77. The van der Waals surface area contributed by atoms with Gasteiger partial charge in [-0.1, -0.05) is 91.0 Å². The molecule has 0 aliphatic heterocycles. The third-order valence-corrected chi connectivity index (χ3v) is 10.9. The van der Waals surface area contributed by atoms with Gasteiger partial charge in [0.2, 0.25) is 0 Å². The Balaban J connectivity index is 1.15. The smallest absolute Gasteiger partial charge is 0.167 e. The van der Waals surface area contributed by atoms with E-state index >= 15 is 0 Å². The maximum atomic E-state index is 6.93. The van der Waals surface area contributed by atoms with Crippen LogP contribution >= 0.6 is 11.3 Å². The minimum absolute atomic E-state index is 0.555. The van der Waals surface area contributed by atoms with Gasteiger partial charge in [0.25, 0.3) is 0 Å². The summed E-state index contributed by atoms with van der Waals surface area (Å²) in [5, 5.41) is 6.68. The largest absolute Gasteiger partial charge is 0.453 e. The Morgan fingerprint density at radius 3 is 2.06 bits per heavy atom. The van der Waals surface area contributed by atoms with Crippen LogP contribution in [0.25, 0.3) is 104 Å². The van der Waals surface area contributed by atoms with E-state index in [-0.39, 0.29) is 0 Å². The molecule has 6 nitrogen and oxygen atoms in total. The molecular formula is C44H25N5OS. The molecule has 0 bridgehead atoms. The van der Waals surface area contributed by atoms with Crippen LogP contribution in [-0.4, -0.2) is 24.5 Å². The van der Waals surface area contributed by atoms with E-state index in [0.29, 0.717) is 17.5 Å². The van der Waals surface area contributed by atoms with Crippen LogP contribution in [0.15, 0.2) is 156 Å². The number of furan rings is 1. The molecule has 0 spiro atoms. The van der Waals surface area contributed by atoms with Gasteiger partial charge in [0.15, 0.2) is 23.1 Å². The average molecular weight is 672 g/mol. The number of hydrogen-bond donors (Lipinski definition) is 0. The fraction of sp³-hybridized carbons (Fsp3) is 0. The van der Waals surface area contributed by atoms with Gasteiger partial charge >= 0.3 is 0 Å². The predicted molar refractivity (Wildman–Crippen MR) is 208 cm³/mol. The molecule has 0 saturated carbocycles. The second-order valence-corrected chi connectivity index (χ2v) is 13.7. The second-order valence-electron chi connectivity index (χ2n) is 12.6. The molecule has 0 aliphatic carbocycles. The van der Waals surface area contributed by atoms with E-state index < -0.39 is 0 Å². The molecule has 0 saturated heterocycles. The molecule has 5 aromatic heterocycles. The molecule has 0 aliphatic rings. The highest BCUT2D eigenvalue weighted by atomic mass is 32.1. The van der Waals surface area contributed by atoms with Crippen molar-refractivity contribution in [1.82, 2.24) is 24.5 Å².